The molecule has 1 aliphatic rings. The number of halogens is 3. The zero-order valence-electron chi connectivity index (χ0n) is 11.7. The number of carbonyl (C=O) groups excluding carboxylic acids is 2. The third-order valence-corrected chi connectivity index (χ3v) is 2.98. The van der Waals surface area contributed by atoms with Crippen LogP contribution in [0.1, 0.15) is 27.2 Å². The van der Waals surface area contributed by atoms with Crippen molar-refractivity contribution in [2.45, 2.75) is 45.6 Å². The third kappa shape index (κ3) is 4.66. The molecule has 0 aromatic carbocycles. The van der Waals surface area contributed by atoms with Crippen LogP contribution < -0.4 is 5.32 Å². The van der Waals surface area contributed by atoms with E-state index in [1.54, 1.807) is 0 Å². The van der Waals surface area contributed by atoms with Crippen LogP contribution in [-0.2, 0) is 14.3 Å². The first kappa shape index (κ1) is 16.7. The summed E-state index contributed by atoms with van der Waals surface area (Å²) in [6, 6.07) is -1.47. The van der Waals surface area contributed by atoms with Gasteiger partial charge in [-0.2, -0.15) is 0 Å². The molecule has 5 nitrogen and oxygen atoms in total. The maximum Gasteiger partial charge on any atom is 0.522 e. The van der Waals surface area contributed by atoms with Crippen molar-refractivity contribution < 1.29 is 27.5 Å². The topological polar surface area (TPSA) is 58.6 Å². The predicted molar refractivity (Wildman–Crippen MR) is 64.6 cm³/mol. The van der Waals surface area contributed by atoms with E-state index in [-0.39, 0.29) is 24.3 Å². The SMILES string of the molecule is CC(C)CC1C(=O)NC(C)C(=O)N1CCOC(F)(F)F. The predicted octanol–water partition coefficient (Wildman–Crippen LogP) is 1.28. The zero-order valence-corrected chi connectivity index (χ0v) is 11.7. The Labute approximate surface area is 115 Å². The van der Waals surface area contributed by atoms with Crippen LogP contribution in [0.15, 0.2) is 0 Å². The summed E-state index contributed by atoms with van der Waals surface area (Å²) < 4.78 is 39.6. The Kier molecular flexibility index (Phi) is 5.38. The van der Waals surface area contributed by atoms with Crippen molar-refractivity contribution in [3.8, 4) is 0 Å². The molecule has 2 atom stereocenters. The number of nitrogens with one attached hydrogen (secondary N) is 1. The van der Waals surface area contributed by atoms with Gasteiger partial charge in [0.15, 0.2) is 0 Å². The van der Waals surface area contributed by atoms with Gasteiger partial charge < -0.3 is 10.2 Å². The van der Waals surface area contributed by atoms with E-state index in [0.29, 0.717) is 6.42 Å². The monoisotopic (exact) mass is 296 g/mol. The number of ether oxygens (including phenoxy) is 1. The van der Waals surface area contributed by atoms with Gasteiger partial charge >= 0.3 is 6.36 Å². The van der Waals surface area contributed by atoms with Crippen LogP contribution in [0.2, 0.25) is 0 Å². The highest BCUT2D eigenvalue weighted by molar-refractivity contribution is 5.96. The molecule has 1 N–H and O–H groups in total. The molecule has 0 radical (unpaired) electrons. The van der Waals surface area contributed by atoms with Gasteiger partial charge in [0.2, 0.25) is 11.8 Å². The summed E-state index contributed by atoms with van der Waals surface area (Å²) >= 11 is 0. The Balaban J connectivity index is 2.72. The second kappa shape index (κ2) is 6.43. The van der Waals surface area contributed by atoms with Gasteiger partial charge in [0.25, 0.3) is 0 Å². The summed E-state index contributed by atoms with van der Waals surface area (Å²) in [5, 5.41) is 2.53. The molecule has 1 saturated heterocycles. The number of piperazine rings is 1. The lowest BCUT2D eigenvalue weighted by atomic mass is 9.98. The molecule has 1 aliphatic heterocycles. The molecule has 1 rings (SSSR count). The summed E-state index contributed by atoms with van der Waals surface area (Å²) in [5.74, 6) is -0.586. The highest BCUT2D eigenvalue weighted by Gasteiger charge is 2.39. The summed E-state index contributed by atoms with van der Waals surface area (Å²) in [6.07, 6.45) is -4.34. The number of hydrogen-bond donors (Lipinski definition) is 1. The number of carbonyl (C=O) groups is 2. The van der Waals surface area contributed by atoms with Crippen LogP contribution in [0.4, 0.5) is 13.2 Å². The van der Waals surface area contributed by atoms with Gasteiger partial charge in [-0.05, 0) is 19.3 Å². The molecule has 0 saturated carbocycles. The van der Waals surface area contributed by atoms with Crippen molar-refractivity contribution in [1.82, 2.24) is 10.2 Å². The van der Waals surface area contributed by atoms with Crippen LogP contribution in [0.25, 0.3) is 0 Å². The molecule has 2 unspecified atom stereocenters. The second-order valence-corrected chi connectivity index (χ2v) is 5.20. The molecular formula is C12H19F3N2O3. The second-order valence-electron chi connectivity index (χ2n) is 5.20. The fourth-order valence-electron chi connectivity index (χ4n) is 2.12. The maximum atomic E-state index is 12.0. The van der Waals surface area contributed by atoms with E-state index in [1.807, 2.05) is 13.8 Å². The van der Waals surface area contributed by atoms with Gasteiger partial charge in [-0.25, -0.2) is 0 Å². The minimum atomic E-state index is -4.74. The van der Waals surface area contributed by atoms with E-state index in [2.05, 4.69) is 10.1 Å². The molecule has 116 valence electrons. The number of nitrogens with zero attached hydrogens (tertiary/aromatic N) is 1. The van der Waals surface area contributed by atoms with E-state index < -0.39 is 25.1 Å². The molecule has 2 amide bonds. The van der Waals surface area contributed by atoms with E-state index in [1.165, 1.54) is 11.8 Å². The standard InChI is InChI=1S/C12H19F3N2O3/c1-7(2)6-9-10(18)16-8(3)11(19)17(9)4-5-20-12(13,14)15/h7-9H,4-6H2,1-3H3,(H,16,18). The van der Waals surface area contributed by atoms with E-state index >= 15 is 0 Å². The van der Waals surface area contributed by atoms with Crippen molar-refractivity contribution in [3.63, 3.8) is 0 Å². The van der Waals surface area contributed by atoms with Gasteiger partial charge in [-0.3, -0.25) is 14.3 Å². The lowest BCUT2D eigenvalue weighted by molar-refractivity contribution is -0.325. The number of alkyl halides is 3. The van der Waals surface area contributed by atoms with Crippen LogP contribution in [0, 0.1) is 5.92 Å². The van der Waals surface area contributed by atoms with Crippen LogP contribution in [0.5, 0.6) is 0 Å². The lowest BCUT2D eigenvalue weighted by Crippen LogP contribution is -2.63. The Hall–Kier alpha value is -1.31. The Morgan fingerprint density at radius 2 is 1.95 bits per heavy atom. The number of hydrogen-bond acceptors (Lipinski definition) is 3. The zero-order chi connectivity index (χ0) is 15.5. The number of rotatable bonds is 5. The highest BCUT2D eigenvalue weighted by atomic mass is 19.4. The quantitative estimate of drug-likeness (QED) is 0.831. The molecule has 0 spiro atoms. The van der Waals surface area contributed by atoms with Crippen molar-refractivity contribution in [2.24, 2.45) is 5.92 Å². The minimum absolute atomic E-state index is 0.137. The van der Waals surface area contributed by atoms with Gasteiger partial charge in [-0.1, -0.05) is 13.8 Å². The summed E-state index contributed by atoms with van der Waals surface area (Å²) in [5.41, 5.74) is 0. The summed E-state index contributed by atoms with van der Waals surface area (Å²) in [6.45, 7) is 4.32. The maximum absolute atomic E-state index is 12.0. The molecule has 1 heterocycles. The van der Waals surface area contributed by atoms with E-state index in [0.717, 1.165) is 0 Å². The van der Waals surface area contributed by atoms with Crippen molar-refractivity contribution >= 4 is 11.8 Å². The van der Waals surface area contributed by atoms with Crippen LogP contribution in [0.3, 0.4) is 0 Å². The first-order valence-corrected chi connectivity index (χ1v) is 6.43. The van der Waals surface area contributed by atoms with Crippen LogP contribution >= 0.6 is 0 Å². The van der Waals surface area contributed by atoms with Crippen molar-refractivity contribution in [2.75, 3.05) is 13.2 Å². The smallest absolute Gasteiger partial charge is 0.343 e. The molecule has 0 bridgehead atoms. The fourth-order valence-corrected chi connectivity index (χ4v) is 2.12. The normalized spacial score (nSPS) is 24.2. The van der Waals surface area contributed by atoms with Gasteiger partial charge in [0.05, 0.1) is 6.61 Å². The third-order valence-electron chi connectivity index (χ3n) is 2.98. The fraction of sp³-hybridized carbons (Fsp3) is 0.833. The first-order chi connectivity index (χ1) is 9.11. The minimum Gasteiger partial charge on any atom is -0.343 e. The molecule has 8 heteroatoms. The molecular weight excluding hydrogens is 277 g/mol. The van der Waals surface area contributed by atoms with Crippen molar-refractivity contribution in [3.05, 3.63) is 0 Å². The molecule has 1 fully saturated rings. The molecule has 0 aromatic rings. The van der Waals surface area contributed by atoms with Gasteiger partial charge in [0.1, 0.15) is 12.1 Å². The molecule has 20 heavy (non-hydrogen) atoms. The summed E-state index contributed by atoms with van der Waals surface area (Å²) in [4.78, 5) is 25.1. The molecule has 0 aromatic heterocycles. The van der Waals surface area contributed by atoms with E-state index in [4.69, 9.17) is 0 Å². The van der Waals surface area contributed by atoms with Crippen LogP contribution in [-0.4, -0.2) is 48.3 Å². The number of amides is 2. The lowest BCUT2D eigenvalue weighted by Gasteiger charge is -2.38. The van der Waals surface area contributed by atoms with Gasteiger partial charge in [-0.15, -0.1) is 13.2 Å². The average Bonchev–Trinajstić information content (AvgIpc) is 2.28. The van der Waals surface area contributed by atoms with Gasteiger partial charge in [0, 0.05) is 6.54 Å². The van der Waals surface area contributed by atoms with Crippen molar-refractivity contribution in [1.29, 1.82) is 0 Å². The first-order valence-electron chi connectivity index (χ1n) is 6.43. The largest absolute Gasteiger partial charge is 0.522 e. The molecule has 0 aliphatic carbocycles. The summed E-state index contributed by atoms with van der Waals surface area (Å²) in [7, 11) is 0. The highest BCUT2D eigenvalue weighted by Crippen LogP contribution is 2.19. The van der Waals surface area contributed by atoms with E-state index in [9.17, 15) is 22.8 Å². The Morgan fingerprint density at radius 3 is 2.45 bits per heavy atom. The average molecular weight is 296 g/mol. The Morgan fingerprint density at radius 1 is 1.35 bits per heavy atom. The Bertz CT molecular complexity index is 371.